The molecule has 3 nitrogen and oxygen atoms in total. The monoisotopic (exact) mass is 199 g/mol. The molecule has 0 aromatic carbocycles. The Morgan fingerprint density at radius 2 is 1.93 bits per heavy atom. The summed E-state index contributed by atoms with van der Waals surface area (Å²) in [7, 11) is 1.87. The van der Waals surface area contributed by atoms with Crippen LogP contribution in [0, 0.1) is 10.8 Å². The van der Waals surface area contributed by atoms with Crippen molar-refractivity contribution in [3.63, 3.8) is 0 Å². The second-order valence-corrected chi connectivity index (χ2v) is 5.71. The molecule has 0 aliphatic carbocycles. The zero-order valence-electron chi connectivity index (χ0n) is 9.89. The maximum atomic E-state index is 11.9. The summed E-state index contributed by atoms with van der Waals surface area (Å²) in [6.45, 7) is 10.3. The molecule has 1 aliphatic heterocycles. The lowest BCUT2D eigenvalue weighted by atomic mass is 9.87. The largest absolute Gasteiger partial charge is 0.380 e. The molecule has 1 aliphatic rings. The molecule has 82 valence electrons. The highest BCUT2D eigenvalue weighted by Crippen LogP contribution is 2.28. The summed E-state index contributed by atoms with van der Waals surface area (Å²) in [6.07, 6.45) is 0. The predicted octanol–water partition coefficient (Wildman–Crippen LogP) is 1.53. The van der Waals surface area contributed by atoms with Gasteiger partial charge in [-0.25, -0.2) is 0 Å². The first-order chi connectivity index (χ1) is 6.25. The first-order valence-corrected chi connectivity index (χ1v) is 5.08. The molecule has 1 fully saturated rings. The first kappa shape index (κ1) is 11.5. The number of hydrogen-bond donors (Lipinski definition) is 0. The van der Waals surface area contributed by atoms with Gasteiger partial charge in [-0.1, -0.05) is 27.7 Å². The summed E-state index contributed by atoms with van der Waals surface area (Å²) in [4.78, 5) is 13.7. The third-order valence-electron chi connectivity index (χ3n) is 2.51. The van der Waals surface area contributed by atoms with Gasteiger partial charge in [0.25, 0.3) is 0 Å². The van der Waals surface area contributed by atoms with Gasteiger partial charge in [-0.15, -0.1) is 0 Å². The first-order valence-electron chi connectivity index (χ1n) is 5.08. The van der Waals surface area contributed by atoms with Crippen LogP contribution in [0.1, 0.15) is 27.7 Å². The average molecular weight is 199 g/mol. The molecule has 0 aromatic heterocycles. The fourth-order valence-electron chi connectivity index (χ4n) is 1.76. The highest BCUT2D eigenvalue weighted by atomic mass is 16.5. The van der Waals surface area contributed by atoms with Crippen LogP contribution in [-0.4, -0.2) is 37.6 Å². The number of carbonyl (C=O) groups is 1. The van der Waals surface area contributed by atoms with Crippen LogP contribution in [0.25, 0.3) is 0 Å². The number of nitrogens with zero attached hydrogens (tertiary/aromatic N) is 1. The van der Waals surface area contributed by atoms with Crippen LogP contribution in [-0.2, 0) is 9.53 Å². The summed E-state index contributed by atoms with van der Waals surface area (Å²) in [5.41, 5.74) is -0.106. The average Bonchev–Trinajstić information content (AvgIpc) is 1.98. The molecule has 0 atom stereocenters. The quantitative estimate of drug-likeness (QED) is 0.675. The van der Waals surface area contributed by atoms with E-state index in [1.807, 2.05) is 32.7 Å². The maximum Gasteiger partial charge on any atom is 0.227 e. The predicted molar refractivity (Wildman–Crippen MR) is 56.0 cm³/mol. The second-order valence-electron chi connectivity index (χ2n) is 5.71. The van der Waals surface area contributed by atoms with E-state index in [9.17, 15) is 4.79 Å². The van der Waals surface area contributed by atoms with Crippen molar-refractivity contribution in [3.8, 4) is 0 Å². The van der Waals surface area contributed by atoms with Gasteiger partial charge in [-0.05, 0) is 0 Å². The zero-order valence-corrected chi connectivity index (χ0v) is 9.89. The summed E-state index contributed by atoms with van der Waals surface area (Å²) in [6, 6.07) is 0. The van der Waals surface area contributed by atoms with Crippen LogP contribution < -0.4 is 0 Å². The minimum Gasteiger partial charge on any atom is -0.380 e. The third-order valence-corrected chi connectivity index (χ3v) is 2.51. The van der Waals surface area contributed by atoms with E-state index >= 15 is 0 Å². The number of amides is 1. The molecule has 1 heterocycles. The van der Waals surface area contributed by atoms with Crippen molar-refractivity contribution in [2.45, 2.75) is 27.7 Å². The molecule has 0 spiro atoms. The van der Waals surface area contributed by atoms with Gasteiger partial charge in [-0.3, -0.25) is 4.79 Å². The Morgan fingerprint density at radius 3 is 2.21 bits per heavy atom. The molecule has 3 heteroatoms. The van der Waals surface area contributed by atoms with Gasteiger partial charge >= 0.3 is 0 Å². The highest BCUT2D eigenvalue weighted by Gasteiger charge is 2.37. The van der Waals surface area contributed by atoms with Gasteiger partial charge in [0.2, 0.25) is 5.91 Å². The Labute approximate surface area is 86.4 Å². The number of ether oxygens (including phenoxy) is 1. The van der Waals surface area contributed by atoms with E-state index in [-0.39, 0.29) is 16.7 Å². The Balaban J connectivity index is 2.49. The van der Waals surface area contributed by atoms with Crippen LogP contribution in [0.2, 0.25) is 0 Å². The molecule has 0 N–H and O–H groups in total. The highest BCUT2D eigenvalue weighted by molar-refractivity contribution is 5.81. The van der Waals surface area contributed by atoms with Gasteiger partial charge < -0.3 is 9.64 Å². The molecule has 1 saturated heterocycles. The fraction of sp³-hybridized carbons (Fsp3) is 0.909. The molecule has 0 radical (unpaired) electrons. The van der Waals surface area contributed by atoms with E-state index < -0.39 is 0 Å². The van der Waals surface area contributed by atoms with Crippen LogP contribution in [0.5, 0.6) is 0 Å². The van der Waals surface area contributed by atoms with Gasteiger partial charge in [0.1, 0.15) is 0 Å². The smallest absolute Gasteiger partial charge is 0.227 e. The number of hydrogen-bond acceptors (Lipinski definition) is 2. The van der Waals surface area contributed by atoms with Crippen molar-refractivity contribution in [1.29, 1.82) is 0 Å². The Kier molecular flexibility index (Phi) is 2.91. The zero-order chi connectivity index (χ0) is 11.0. The van der Waals surface area contributed by atoms with Crippen molar-refractivity contribution < 1.29 is 9.53 Å². The minimum atomic E-state index is -0.282. The SMILES string of the molecule is CN(CC1(C)COC1)C(=O)C(C)(C)C. The minimum absolute atomic E-state index is 0.176. The molecule has 0 bridgehead atoms. The van der Waals surface area contributed by atoms with Gasteiger partial charge in [0, 0.05) is 24.4 Å². The Morgan fingerprint density at radius 1 is 1.43 bits per heavy atom. The molecule has 0 aromatic rings. The van der Waals surface area contributed by atoms with Crippen molar-refractivity contribution >= 4 is 5.91 Å². The topological polar surface area (TPSA) is 29.5 Å². The van der Waals surface area contributed by atoms with Crippen molar-refractivity contribution in [2.24, 2.45) is 10.8 Å². The van der Waals surface area contributed by atoms with E-state index in [1.165, 1.54) is 0 Å². The third kappa shape index (κ3) is 2.47. The van der Waals surface area contributed by atoms with Crippen molar-refractivity contribution in [1.82, 2.24) is 4.90 Å². The molecule has 14 heavy (non-hydrogen) atoms. The van der Waals surface area contributed by atoms with E-state index in [2.05, 4.69) is 6.92 Å². The summed E-state index contributed by atoms with van der Waals surface area (Å²) >= 11 is 0. The molecule has 1 amide bonds. The number of carbonyl (C=O) groups excluding carboxylic acids is 1. The van der Waals surface area contributed by atoms with Crippen LogP contribution in [0.15, 0.2) is 0 Å². The van der Waals surface area contributed by atoms with E-state index in [0.29, 0.717) is 0 Å². The molecular formula is C11H21NO2. The van der Waals surface area contributed by atoms with E-state index in [0.717, 1.165) is 19.8 Å². The van der Waals surface area contributed by atoms with Gasteiger partial charge in [0.05, 0.1) is 13.2 Å². The summed E-state index contributed by atoms with van der Waals surface area (Å²) in [5, 5.41) is 0. The maximum absolute atomic E-state index is 11.9. The Hall–Kier alpha value is -0.570. The number of rotatable bonds is 2. The van der Waals surface area contributed by atoms with Crippen LogP contribution in [0.4, 0.5) is 0 Å². The van der Waals surface area contributed by atoms with Gasteiger partial charge in [-0.2, -0.15) is 0 Å². The summed E-state index contributed by atoms with van der Waals surface area (Å²) < 4.78 is 5.17. The molecule has 0 saturated carbocycles. The van der Waals surface area contributed by atoms with Crippen LogP contribution >= 0.6 is 0 Å². The molecule has 1 rings (SSSR count). The lowest BCUT2D eigenvalue weighted by Crippen LogP contribution is -2.51. The van der Waals surface area contributed by atoms with E-state index in [4.69, 9.17) is 4.74 Å². The fourth-order valence-corrected chi connectivity index (χ4v) is 1.76. The lowest BCUT2D eigenvalue weighted by Gasteiger charge is -2.41. The van der Waals surface area contributed by atoms with Crippen LogP contribution in [0.3, 0.4) is 0 Å². The van der Waals surface area contributed by atoms with E-state index in [1.54, 1.807) is 0 Å². The van der Waals surface area contributed by atoms with Gasteiger partial charge in [0.15, 0.2) is 0 Å². The lowest BCUT2D eigenvalue weighted by molar-refractivity contribution is -0.148. The summed E-state index contributed by atoms with van der Waals surface area (Å²) in [5.74, 6) is 0.200. The molecule has 0 unspecified atom stereocenters. The second kappa shape index (κ2) is 3.54. The molecular weight excluding hydrogens is 178 g/mol. The Bertz CT molecular complexity index is 226. The normalized spacial score (nSPS) is 20.1. The standard InChI is InChI=1S/C11H21NO2/c1-10(2,3)9(13)12(5)6-11(4)7-14-8-11/h6-8H2,1-5H3. The van der Waals surface area contributed by atoms with Crippen molar-refractivity contribution in [2.75, 3.05) is 26.8 Å². The van der Waals surface area contributed by atoms with Crippen molar-refractivity contribution in [3.05, 3.63) is 0 Å².